The monoisotopic (exact) mass is 416 g/mol. The van der Waals surface area contributed by atoms with Gasteiger partial charge in [0.1, 0.15) is 5.82 Å². The highest BCUT2D eigenvalue weighted by Gasteiger charge is 2.17. The molecule has 0 aliphatic heterocycles. The Morgan fingerprint density at radius 1 is 1.03 bits per heavy atom. The summed E-state index contributed by atoms with van der Waals surface area (Å²) in [6.45, 7) is 4.18. The number of aryl methyl sites for hydroxylation is 2. The van der Waals surface area contributed by atoms with Gasteiger partial charge in [0.2, 0.25) is 5.91 Å². The topological polar surface area (TPSA) is 59.0 Å². The summed E-state index contributed by atoms with van der Waals surface area (Å²) in [7, 11) is 0. The van der Waals surface area contributed by atoms with E-state index < -0.39 is 0 Å². The number of carbonyl (C=O) groups is 1. The third kappa shape index (κ3) is 4.67. The Bertz CT molecular complexity index is 1100. The summed E-state index contributed by atoms with van der Waals surface area (Å²) in [6, 6.07) is 24.2. The van der Waals surface area contributed by atoms with E-state index in [1.807, 2.05) is 49.4 Å². The first kappa shape index (κ1) is 20.1. The van der Waals surface area contributed by atoms with Crippen molar-refractivity contribution in [3.8, 4) is 5.69 Å². The highest BCUT2D eigenvalue weighted by molar-refractivity contribution is 7.10. The van der Waals surface area contributed by atoms with Crippen LogP contribution in [0.2, 0.25) is 0 Å². The molecule has 4 rings (SSSR count). The molecular weight excluding hydrogens is 392 g/mol. The van der Waals surface area contributed by atoms with E-state index in [1.165, 1.54) is 10.4 Å². The molecule has 0 bridgehead atoms. The zero-order chi connectivity index (χ0) is 20.9. The summed E-state index contributed by atoms with van der Waals surface area (Å²) in [5.74, 6) is 0.550. The van der Waals surface area contributed by atoms with Gasteiger partial charge in [-0.2, -0.15) is 5.10 Å². The maximum Gasteiger partial charge on any atom is 0.239 e. The molecule has 2 aromatic carbocycles. The van der Waals surface area contributed by atoms with Crippen LogP contribution in [0.25, 0.3) is 5.69 Å². The minimum atomic E-state index is -0.110. The first-order valence-corrected chi connectivity index (χ1v) is 10.7. The minimum absolute atomic E-state index is 0.0304. The van der Waals surface area contributed by atoms with Crippen molar-refractivity contribution >= 4 is 23.1 Å². The lowest BCUT2D eigenvalue weighted by atomic mass is 10.0. The first-order valence-electron chi connectivity index (χ1n) is 9.85. The Hall–Kier alpha value is -3.22. The van der Waals surface area contributed by atoms with Crippen molar-refractivity contribution in [2.45, 2.75) is 19.9 Å². The molecule has 0 aliphatic carbocycles. The maximum atomic E-state index is 12.8. The molecule has 2 aromatic heterocycles. The number of aromatic nitrogens is 2. The SMILES string of the molecule is Cc1ccc([C@H](NCC(=O)Nc2cc(C)nn2-c2ccccc2)c2cccs2)cc1. The number of hydrogen-bond donors (Lipinski definition) is 2. The van der Waals surface area contributed by atoms with Crippen LogP contribution in [-0.2, 0) is 4.79 Å². The molecule has 0 saturated carbocycles. The number of carbonyl (C=O) groups excluding carboxylic acids is 1. The number of amides is 1. The first-order chi connectivity index (χ1) is 14.6. The Kier molecular flexibility index (Phi) is 6.07. The molecule has 1 atom stereocenters. The molecule has 2 heterocycles. The lowest BCUT2D eigenvalue weighted by molar-refractivity contribution is -0.115. The van der Waals surface area contributed by atoms with E-state index in [0.717, 1.165) is 16.9 Å². The molecule has 1 amide bonds. The predicted molar refractivity (Wildman–Crippen MR) is 122 cm³/mol. The fourth-order valence-electron chi connectivity index (χ4n) is 3.33. The maximum absolute atomic E-state index is 12.8. The second-order valence-corrected chi connectivity index (χ2v) is 8.19. The molecule has 0 spiro atoms. The number of nitrogens with zero attached hydrogens (tertiary/aromatic N) is 2. The van der Waals surface area contributed by atoms with Gasteiger partial charge in [-0.25, -0.2) is 4.68 Å². The zero-order valence-corrected chi connectivity index (χ0v) is 17.8. The van der Waals surface area contributed by atoms with Crippen LogP contribution in [0.1, 0.15) is 27.7 Å². The van der Waals surface area contributed by atoms with E-state index >= 15 is 0 Å². The standard InChI is InChI=1S/C24H24N4OS/c1-17-10-12-19(13-11-17)24(21-9-6-14-30-21)25-16-23(29)26-22-15-18(2)27-28(22)20-7-4-3-5-8-20/h3-15,24-25H,16H2,1-2H3,(H,26,29)/t24-/m0/s1. The fraction of sp³-hybridized carbons (Fsp3) is 0.167. The predicted octanol–water partition coefficient (Wildman–Crippen LogP) is 4.87. The van der Waals surface area contributed by atoms with Gasteiger partial charge in [-0.1, -0.05) is 54.1 Å². The number of rotatable bonds is 7. The minimum Gasteiger partial charge on any atom is -0.309 e. The van der Waals surface area contributed by atoms with Gasteiger partial charge in [-0.3, -0.25) is 10.1 Å². The zero-order valence-electron chi connectivity index (χ0n) is 17.0. The Labute approximate surface area is 180 Å². The van der Waals surface area contributed by atoms with Crippen LogP contribution in [0.5, 0.6) is 0 Å². The Morgan fingerprint density at radius 2 is 1.80 bits per heavy atom. The molecule has 6 heteroatoms. The van der Waals surface area contributed by atoms with Crippen molar-refractivity contribution in [2.75, 3.05) is 11.9 Å². The van der Waals surface area contributed by atoms with Crippen molar-refractivity contribution in [3.05, 3.63) is 99.9 Å². The summed E-state index contributed by atoms with van der Waals surface area (Å²) in [5.41, 5.74) is 4.11. The molecule has 4 aromatic rings. The van der Waals surface area contributed by atoms with Crippen LogP contribution in [0.3, 0.4) is 0 Å². The van der Waals surface area contributed by atoms with Crippen molar-refractivity contribution in [1.29, 1.82) is 0 Å². The van der Waals surface area contributed by atoms with Crippen LogP contribution < -0.4 is 10.6 Å². The van der Waals surface area contributed by atoms with Gasteiger partial charge in [0.15, 0.2) is 0 Å². The molecule has 0 aliphatic rings. The summed E-state index contributed by atoms with van der Waals surface area (Å²) in [6.07, 6.45) is 0. The van der Waals surface area contributed by atoms with Crippen molar-refractivity contribution in [1.82, 2.24) is 15.1 Å². The molecule has 0 radical (unpaired) electrons. The number of benzene rings is 2. The molecule has 5 nitrogen and oxygen atoms in total. The van der Waals surface area contributed by atoms with E-state index in [1.54, 1.807) is 16.0 Å². The highest BCUT2D eigenvalue weighted by atomic mass is 32.1. The van der Waals surface area contributed by atoms with Crippen molar-refractivity contribution in [3.63, 3.8) is 0 Å². The average Bonchev–Trinajstić information content (AvgIpc) is 3.40. The molecule has 152 valence electrons. The van der Waals surface area contributed by atoms with E-state index in [0.29, 0.717) is 5.82 Å². The summed E-state index contributed by atoms with van der Waals surface area (Å²) < 4.78 is 1.75. The van der Waals surface area contributed by atoms with Gasteiger partial charge in [0.25, 0.3) is 0 Å². The molecule has 30 heavy (non-hydrogen) atoms. The summed E-state index contributed by atoms with van der Waals surface area (Å²) in [4.78, 5) is 13.9. The van der Waals surface area contributed by atoms with Crippen LogP contribution in [0.15, 0.2) is 78.2 Å². The van der Waals surface area contributed by atoms with E-state index in [4.69, 9.17) is 0 Å². The number of anilines is 1. The number of para-hydroxylation sites is 1. The fourth-order valence-corrected chi connectivity index (χ4v) is 4.16. The van der Waals surface area contributed by atoms with Gasteiger partial charge < -0.3 is 5.32 Å². The quantitative estimate of drug-likeness (QED) is 0.452. The van der Waals surface area contributed by atoms with Crippen LogP contribution in [-0.4, -0.2) is 22.2 Å². The number of hydrogen-bond acceptors (Lipinski definition) is 4. The summed E-state index contributed by atoms with van der Waals surface area (Å²) >= 11 is 1.68. The molecule has 0 fully saturated rings. The van der Waals surface area contributed by atoms with Gasteiger partial charge >= 0.3 is 0 Å². The summed E-state index contributed by atoms with van der Waals surface area (Å²) in [5, 5.41) is 13.0. The lowest BCUT2D eigenvalue weighted by Gasteiger charge is -2.18. The third-order valence-electron chi connectivity index (χ3n) is 4.80. The lowest BCUT2D eigenvalue weighted by Crippen LogP contribution is -2.32. The van der Waals surface area contributed by atoms with Crippen LogP contribution in [0, 0.1) is 13.8 Å². The van der Waals surface area contributed by atoms with E-state index in [9.17, 15) is 4.79 Å². The average molecular weight is 417 g/mol. The Balaban J connectivity index is 1.48. The van der Waals surface area contributed by atoms with E-state index in [-0.39, 0.29) is 18.5 Å². The second-order valence-electron chi connectivity index (χ2n) is 7.21. The van der Waals surface area contributed by atoms with Gasteiger partial charge in [-0.05, 0) is 43.0 Å². The largest absolute Gasteiger partial charge is 0.309 e. The third-order valence-corrected chi connectivity index (χ3v) is 5.74. The van der Waals surface area contributed by atoms with Crippen molar-refractivity contribution in [2.24, 2.45) is 0 Å². The number of nitrogens with one attached hydrogen (secondary N) is 2. The van der Waals surface area contributed by atoms with Crippen LogP contribution >= 0.6 is 11.3 Å². The molecule has 0 saturated heterocycles. The molecular formula is C24H24N4OS. The molecule has 2 N–H and O–H groups in total. The van der Waals surface area contributed by atoms with E-state index in [2.05, 4.69) is 58.4 Å². The van der Waals surface area contributed by atoms with Crippen LogP contribution in [0.4, 0.5) is 5.82 Å². The molecule has 0 unspecified atom stereocenters. The smallest absolute Gasteiger partial charge is 0.239 e. The van der Waals surface area contributed by atoms with Gasteiger partial charge in [0, 0.05) is 10.9 Å². The second kappa shape index (κ2) is 9.07. The van der Waals surface area contributed by atoms with Gasteiger partial charge in [-0.15, -0.1) is 11.3 Å². The highest BCUT2D eigenvalue weighted by Crippen LogP contribution is 2.26. The Morgan fingerprint density at radius 3 is 2.50 bits per heavy atom. The van der Waals surface area contributed by atoms with Crippen molar-refractivity contribution < 1.29 is 4.79 Å². The number of thiophene rings is 1. The normalized spacial score (nSPS) is 11.9. The van der Waals surface area contributed by atoms with Gasteiger partial charge in [0.05, 0.1) is 24.0 Å².